The Morgan fingerprint density at radius 1 is 1.25 bits per heavy atom. The zero-order valence-electron chi connectivity index (χ0n) is 11.7. The molecule has 1 saturated heterocycles. The highest BCUT2D eigenvalue weighted by atomic mass is 32.2. The maximum absolute atomic E-state index is 4.28. The van der Waals surface area contributed by atoms with E-state index in [1.54, 1.807) is 18.1 Å². The summed E-state index contributed by atoms with van der Waals surface area (Å²) in [6, 6.07) is 8.91. The summed E-state index contributed by atoms with van der Waals surface area (Å²) in [5.74, 6) is 1.60. The average Bonchev–Trinajstić information content (AvgIpc) is 3.03. The second kappa shape index (κ2) is 6.41. The first-order valence-corrected chi connectivity index (χ1v) is 8.28. The number of rotatable bonds is 4. The quantitative estimate of drug-likeness (QED) is 0.879. The molecule has 5 heteroatoms. The lowest BCUT2D eigenvalue weighted by Crippen LogP contribution is -2.32. The van der Waals surface area contributed by atoms with Gasteiger partial charge in [0.15, 0.2) is 0 Å². The molecule has 1 aromatic carbocycles. The number of likely N-dealkylation sites (tertiary alicyclic amines) is 1. The summed E-state index contributed by atoms with van der Waals surface area (Å²) in [4.78, 5) is 8.14. The number of thioether (sulfide) groups is 1. The van der Waals surface area contributed by atoms with Gasteiger partial charge in [-0.3, -0.25) is 10.00 Å². The van der Waals surface area contributed by atoms with Gasteiger partial charge in [-0.1, -0.05) is 12.1 Å². The Balaban J connectivity index is 1.53. The van der Waals surface area contributed by atoms with E-state index >= 15 is 0 Å². The number of nitrogens with zero attached hydrogens (tertiary/aromatic N) is 3. The molecule has 0 atom stereocenters. The van der Waals surface area contributed by atoms with E-state index in [0.29, 0.717) is 5.92 Å². The van der Waals surface area contributed by atoms with Crippen molar-refractivity contribution in [3.63, 3.8) is 0 Å². The Morgan fingerprint density at radius 2 is 2.00 bits per heavy atom. The number of H-pyrrole nitrogens is 1. The third-order valence-corrected chi connectivity index (χ3v) is 4.72. The molecular weight excluding hydrogens is 268 g/mol. The topological polar surface area (TPSA) is 44.8 Å². The van der Waals surface area contributed by atoms with Crippen molar-refractivity contribution in [1.29, 1.82) is 0 Å². The molecule has 0 saturated carbocycles. The van der Waals surface area contributed by atoms with Gasteiger partial charge in [-0.05, 0) is 49.9 Å². The predicted molar refractivity (Wildman–Crippen MR) is 81.9 cm³/mol. The summed E-state index contributed by atoms with van der Waals surface area (Å²) < 4.78 is 0. The van der Waals surface area contributed by atoms with Crippen LogP contribution in [0.4, 0.5) is 0 Å². The van der Waals surface area contributed by atoms with Crippen LogP contribution in [0.1, 0.15) is 30.1 Å². The second-order valence-electron chi connectivity index (χ2n) is 5.27. The molecule has 1 fully saturated rings. The fraction of sp³-hybridized carbons (Fsp3) is 0.467. The van der Waals surface area contributed by atoms with E-state index in [1.807, 2.05) is 0 Å². The molecule has 106 valence electrons. The Kier molecular flexibility index (Phi) is 4.38. The molecule has 0 amide bonds. The zero-order chi connectivity index (χ0) is 13.8. The van der Waals surface area contributed by atoms with Crippen LogP contribution in [0, 0.1) is 0 Å². The Bertz CT molecular complexity index is 515. The number of nitrogens with one attached hydrogen (secondary N) is 1. The Hall–Kier alpha value is -1.33. The minimum absolute atomic E-state index is 0.549. The maximum Gasteiger partial charge on any atom is 0.137 e. The third kappa shape index (κ3) is 3.22. The minimum atomic E-state index is 0.549. The molecule has 1 N–H and O–H groups in total. The van der Waals surface area contributed by atoms with E-state index in [2.05, 4.69) is 50.6 Å². The monoisotopic (exact) mass is 288 g/mol. The third-order valence-electron chi connectivity index (χ3n) is 3.97. The summed E-state index contributed by atoms with van der Waals surface area (Å²) in [6.45, 7) is 3.32. The van der Waals surface area contributed by atoms with Gasteiger partial charge in [0.2, 0.25) is 0 Å². The standard InChI is InChI=1S/C15H20N4S/c1-20-14-4-2-12(3-5-14)10-19-8-6-13(7-9-19)15-16-11-17-18-15/h2-5,11,13H,6-10H2,1H3,(H,16,17,18). The van der Waals surface area contributed by atoms with Crippen LogP contribution in [0.25, 0.3) is 0 Å². The van der Waals surface area contributed by atoms with Crippen LogP contribution in [0.2, 0.25) is 0 Å². The Labute approximate surface area is 124 Å². The fourth-order valence-corrected chi connectivity index (χ4v) is 3.17. The molecule has 0 spiro atoms. The molecule has 2 heterocycles. The molecular formula is C15H20N4S. The normalized spacial score (nSPS) is 17.4. The zero-order valence-corrected chi connectivity index (χ0v) is 12.6. The van der Waals surface area contributed by atoms with Gasteiger partial charge in [0, 0.05) is 17.4 Å². The van der Waals surface area contributed by atoms with E-state index in [1.165, 1.54) is 10.5 Å². The largest absolute Gasteiger partial charge is 0.299 e. The number of piperidine rings is 1. The number of hydrogen-bond donors (Lipinski definition) is 1. The number of hydrogen-bond acceptors (Lipinski definition) is 4. The van der Waals surface area contributed by atoms with Crippen LogP contribution in [0.15, 0.2) is 35.5 Å². The first kappa shape index (κ1) is 13.6. The summed E-state index contributed by atoms with van der Waals surface area (Å²) in [5.41, 5.74) is 1.40. The van der Waals surface area contributed by atoms with Crippen molar-refractivity contribution in [2.75, 3.05) is 19.3 Å². The molecule has 4 nitrogen and oxygen atoms in total. The summed E-state index contributed by atoms with van der Waals surface area (Å²) in [7, 11) is 0. The second-order valence-corrected chi connectivity index (χ2v) is 6.15. The van der Waals surface area contributed by atoms with Gasteiger partial charge >= 0.3 is 0 Å². The number of benzene rings is 1. The smallest absolute Gasteiger partial charge is 0.137 e. The van der Waals surface area contributed by atoms with Crippen LogP contribution in [0.5, 0.6) is 0 Å². The number of aromatic amines is 1. The van der Waals surface area contributed by atoms with Gasteiger partial charge in [0.1, 0.15) is 12.2 Å². The van der Waals surface area contributed by atoms with Crippen LogP contribution >= 0.6 is 11.8 Å². The lowest BCUT2D eigenvalue weighted by atomic mass is 9.96. The molecule has 1 aliphatic rings. The summed E-state index contributed by atoms with van der Waals surface area (Å²) >= 11 is 1.79. The molecule has 1 aromatic heterocycles. The predicted octanol–water partition coefficient (Wildman–Crippen LogP) is 2.91. The fourth-order valence-electron chi connectivity index (χ4n) is 2.77. The minimum Gasteiger partial charge on any atom is -0.299 e. The van der Waals surface area contributed by atoms with E-state index < -0.39 is 0 Å². The average molecular weight is 288 g/mol. The van der Waals surface area contributed by atoms with Gasteiger partial charge in [-0.15, -0.1) is 11.8 Å². The Morgan fingerprint density at radius 3 is 2.60 bits per heavy atom. The molecule has 0 bridgehead atoms. The van der Waals surface area contributed by atoms with E-state index in [4.69, 9.17) is 0 Å². The van der Waals surface area contributed by atoms with Crippen molar-refractivity contribution in [2.45, 2.75) is 30.2 Å². The van der Waals surface area contributed by atoms with Gasteiger partial charge < -0.3 is 0 Å². The number of aromatic nitrogens is 3. The first-order valence-electron chi connectivity index (χ1n) is 7.05. The van der Waals surface area contributed by atoms with Crippen molar-refractivity contribution in [2.24, 2.45) is 0 Å². The summed E-state index contributed by atoms with van der Waals surface area (Å²) in [6.07, 6.45) is 6.05. The van der Waals surface area contributed by atoms with Gasteiger partial charge in [0.05, 0.1) is 0 Å². The van der Waals surface area contributed by atoms with Gasteiger partial charge in [-0.2, -0.15) is 5.10 Å². The molecule has 2 aromatic rings. The molecule has 0 radical (unpaired) electrons. The highest BCUT2D eigenvalue weighted by Gasteiger charge is 2.22. The molecule has 3 rings (SSSR count). The van der Waals surface area contributed by atoms with Crippen LogP contribution in [-0.2, 0) is 6.54 Å². The first-order chi connectivity index (χ1) is 9.85. The van der Waals surface area contributed by atoms with Crippen molar-refractivity contribution in [3.05, 3.63) is 42.0 Å². The molecule has 20 heavy (non-hydrogen) atoms. The van der Waals surface area contributed by atoms with Crippen molar-refractivity contribution < 1.29 is 0 Å². The lowest BCUT2D eigenvalue weighted by molar-refractivity contribution is 0.202. The summed E-state index contributed by atoms with van der Waals surface area (Å²) in [5, 5.41) is 6.95. The highest BCUT2D eigenvalue weighted by Crippen LogP contribution is 2.26. The lowest BCUT2D eigenvalue weighted by Gasteiger charge is -2.30. The molecule has 0 aliphatic carbocycles. The van der Waals surface area contributed by atoms with Crippen LogP contribution < -0.4 is 0 Å². The van der Waals surface area contributed by atoms with Gasteiger partial charge in [0.25, 0.3) is 0 Å². The van der Waals surface area contributed by atoms with Crippen molar-refractivity contribution in [3.8, 4) is 0 Å². The van der Waals surface area contributed by atoms with Crippen LogP contribution in [0.3, 0.4) is 0 Å². The van der Waals surface area contributed by atoms with Crippen LogP contribution in [-0.4, -0.2) is 39.4 Å². The van der Waals surface area contributed by atoms with E-state index in [9.17, 15) is 0 Å². The highest BCUT2D eigenvalue weighted by molar-refractivity contribution is 7.98. The maximum atomic E-state index is 4.28. The van der Waals surface area contributed by atoms with Gasteiger partial charge in [-0.25, -0.2) is 4.98 Å². The van der Waals surface area contributed by atoms with E-state index in [0.717, 1.165) is 38.3 Å². The van der Waals surface area contributed by atoms with Crippen molar-refractivity contribution in [1.82, 2.24) is 20.1 Å². The van der Waals surface area contributed by atoms with E-state index in [-0.39, 0.29) is 0 Å². The van der Waals surface area contributed by atoms with Crippen molar-refractivity contribution >= 4 is 11.8 Å². The molecule has 1 aliphatic heterocycles. The molecule has 0 unspecified atom stereocenters. The SMILES string of the molecule is CSc1ccc(CN2CCC(c3ncn[nH]3)CC2)cc1.